The molecule has 2 aromatic heterocycles. The van der Waals surface area contributed by atoms with Crippen LogP contribution < -0.4 is 5.32 Å². The highest BCUT2D eigenvalue weighted by atomic mass is 16.1. The van der Waals surface area contributed by atoms with Gasteiger partial charge in [-0.05, 0) is 38.5 Å². The largest absolute Gasteiger partial charge is 0.307 e. The van der Waals surface area contributed by atoms with Crippen LogP contribution >= 0.6 is 0 Å². The van der Waals surface area contributed by atoms with Gasteiger partial charge in [0.05, 0.1) is 11.2 Å². The molecule has 1 amide bonds. The number of fused-ring (bicyclic) bond motifs is 1. The smallest absolute Gasteiger partial charge is 0.251 e. The van der Waals surface area contributed by atoms with Crippen LogP contribution in [0.25, 0.3) is 16.7 Å². The number of anilines is 1. The molecule has 0 spiro atoms. The summed E-state index contributed by atoms with van der Waals surface area (Å²) >= 11 is 0. The Bertz CT molecular complexity index is 924. The zero-order valence-corrected chi connectivity index (χ0v) is 13.4. The molecule has 0 saturated carbocycles. The van der Waals surface area contributed by atoms with Gasteiger partial charge in [0, 0.05) is 17.0 Å². The minimum absolute atomic E-state index is 0.233. The van der Waals surface area contributed by atoms with Gasteiger partial charge in [-0.25, -0.2) is 4.98 Å². The van der Waals surface area contributed by atoms with E-state index in [4.69, 9.17) is 0 Å². The van der Waals surface area contributed by atoms with Crippen LogP contribution in [0.5, 0.6) is 0 Å². The van der Waals surface area contributed by atoms with E-state index in [9.17, 15) is 4.79 Å². The number of carbonyl (C=O) groups excluding carboxylic acids is 1. The van der Waals surface area contributed by atoms with Crippen LogP contribution in [0.2, 0.25) is 0 Å². The van der Waals surface area contributed by atoms with E-state index in [1.54, 1.807) is 11.6 Å². The van der Waals surface area contributed by atoms with E-state index in [0.29, 0.717) is 17.2 Å². The quantitative estimate of drug-likeness (QED) is 0.753. The van der Waals surface area contributed by atoms with E-state index in [1.165, 1.54) is 0 Å². The molecule has 3 aromatic rings. The van der Waals surface area contributed by atoms with E-state index >= 15 is 0 Å². The van der Waals surface area contributed by atoms with Gasteiger partial charge in [0.2, 0.25) is 0 Å². The SMILES string of the molecule is C=C(C)C(=O)Nc1cc(C)nn1-c1cc(C)c2ccccc2n1. The van der Waals surface area contributed by atoms with Crippen LogP contribution in [0, 0.1) is 13.8 Å². The maximum Gasteiger partial charge on any atom is 0.251 e. The van der Waals surface area contributed by atoms with Crippen molar-refractivity contribution < 1.29 is 4.79 Å². The first-order chi connectivity index (χ1) is 11.0. The number of aryl methyl sites for hydroxylation is 2. The van der Waals surface area contributed by atoms with Gasteiger partial charge in [0.1, 0.15) is 5.82 Å². The number of hydrogen-bond acceptors (Lipinski definition) is 3. The van der Waals surface area contributed by atoms with E-state index in [0.717, 1.165) is 22.2 Å². The summed E-state index contributed by atoms with van der Waals surface area (Å²) in [6.45, 7) is 9.24. The highest BCUT2D eigenvalue weighted by molar-refractivity contribution is 6.02. The van der Waals surface area contributed by atoms with Gasteiger partial charge in [-0.3, -0.25) is 4.79 Å². The molecular weight excluding hydrogens is 288 g/mol. The third kappa shape index (κ3) is 2.85. The summed E-state index contributed by atoms with van der Waals surface area (Å²) in [5, 5.41) is 8.37. The molecule has 0 unspecified atom stereocenters. The van der Waals surface area contributed by atoms with Crippen molar-refractivity contribution in [3.8, 4) is 5.82 Å². The van der Waals surface area contributed by atoms with Gasteiger partial charge >= 0.3 is 0 Å². The summed E-state index contributed by atoms with van der Waals surface area (Å²) in [7, 11) is 0. The van der Waals surface area contributed by atoms with Crippen LogP contribution in [0.4, 0.5) is 5.82 Å². The van der Waals surface area contributed by atoms with Crippen molar-refractivity contribution in [3.63, 3.8) is 0 Å². The van der Waals surface area contributed by atoms with Crippen molar-refractivity contribution in [3.05, 3.63) is 59.8 Å². The standard InChI is InChI=1S/C18H18N4O/c1-11(2)18(23)20-17-10-13(4)21-22(17)16-9-12(3)14-7-5-6-8-15(14)19-16/h5-10H,1H2,2-4H3,(H,20,23). The highest BCUT2D eigenvalue weighted by Crippen LogP contribution is 2.22. The van der Waals surface area contributed by atoms with Gasteiger partial charge in [-0.2, -0.15) is 9.78 Å². The molecule has 0 radical (unpaired) electrons. The van der Waals surface area contributed by atoms with Crippen LogP contribution in [0.3, 0.4) is 0 Å². The molecule has 3 rings (SSSR count). The van der Waals surface area contributed by atoms with Crippen LogP contribution in [0.1, 0.15) is 18.2 Å². The average molecular weight is 306 g/mol. The summed E-state index contributed by atoms with van der Waals surface area (Å²) in [5.74, 6) is 1.02. The average Bonchev–Trinajstić information content (AvgIpc) is 2.87. The Balaban J connectivity index is 2.12. The number of aromatic nitrogens is 3. The minimum atomic E-state index is -0.233. The van der Waals surface area contributed by atoms with Crippen molar-refractivity contribution in [1.29, 1.82) is 0 Å². The second kappa shape index (κ2) is 5.68. The normalized spacial score (nSPS) is 10.7. The molecule has 0 atom stereocenters. The fraction of sp³-hybridized carbons (Fsp3) is 0.167. The Morgan fingerprint density at radius 3 is 2.70 bits per heavy atom. The number of amides is 1. The van der Waals surface area contributed by atoms with Crippen molar-refractivity contribution in [1.82, 2.24) is 14.8 Å². The van der Waals surface area contributed by atoms with E-state index in [-0.39, 0.29) is 5.91 Å². The third-order valence-corrected chi connectivity index (χ3v) is 3.59. The molecule has 0 aliphatic heterocycles. The first-order valence-electron chi connectivity index (χ1n) is 7.36. The molecule has 0 saturated heterocycles. The molecular formula is C18H18N4O. The Morgan fingerprint density at radius 2 is 1.96 bits per heavy atom. The predicted molar refractivity (Wildman–Crippen MR) is 91.8 cm³/mol. The molecule has 1 aromatic carbocycles. The number of benzene rings is 1. The molecule has 2 heterocycles. The van der Waals surface area contributed by atoms with Crippen molar-refractivity contribution in [2.75, 3.05) is 5.32 Å². The molecule has 0 aliphatic rings. The summed E-state index contributed by atoms with van der Waals surface area (Å²) in [6, 6.07) is 11.7. The van der Waals surface area contributed by atoms with Gasteiger partial charge in [0.15, 0.2) is 5.82 Å². The third-order valence-electron chi connectivity index (χ3n) is 3.59. The van der Waals surface area contributed by atoms with Crippen molar-refractivity contribution in [2.24, 2.45) is 0 Å². The van der Waals surface area contributed by atoms with Crippen molar-refractivity contribution in [2.45, 2.75) is 20.8 Å². The van der Waals surface area contributed by atoms with E-state index in [1.807, 2.05) is 50.2 Å². The lowest BCUT2D eigenvalue weighted by atomic mass is 10.1. The zero-order valence-electron chi connectivity index (χ0n) is 13.4. The number of nitrogens with one attached hydrogen (secondary N) is 1. The first kappa shape index (κ1) is 15.0. The fourth-order valence-corrected chi connectivity index (χ4v) is 2.43. The van der Waals surface area contributed by atoms with Crippen LogP contribution in [-0.2, 0) is 4.79 Å². The number of rotatable bonds is 3. The number of hydrogen-bond donors (Lipinski definition) is 1. The zero-order chi connectivity index (χ0) is 16.6. The van der Waals surface area contributed by atoms with Gasteiger partial charge < -0.3 is 5.32 Å². The minimum Gasteiger partial charge on any atom is -0.307 e. The molecule has 0 bridgehead atoms. The number of para-hydroxylation sites is 1. The van der Waals surface area contributed by atoms with Gasteiger partial charge in [-0.1, -0.05) is 24.8 Å². The summed E-state index contributed by atoms with van der Waals surface area (Å²) in [6.07, 6.45) is 0. The van der Waals surface area contributed by atoms with Crippen LogP contribution in [0.15, 0.2) is 48.6 Å². The number of nitrogens with zero attached hydrogens (tertiary/aromatic N) is 3. The Labute approximate surface area is 134 Å². The van der Waals surface area contributed by atoms with Crippen molar-refractivity contribution >= 4 is 22.6 Å². The molecule has 0 aliphatic carbocycles. The van der Waals surface area contributed by atoms with E-state index in [2.05, 4.69) is 22.0 Å². The Morgan fingerprint density at radius 1 is 1.22 bits per heavy atom. The number of pyridine rings is 1. The lowest BCUT2D eigenvalue weighted by Gasteiger charge is -2.10. The molecule has 5 nitrogen and oxygen atoms in total. The Kier molecular flexibility index (Phi) is 3.70. The molecule has 116 valence electrons. The lowest BCUT2D eigenvalue weighted by molar-refractivity contribution is -0.112. The van der Waals surface area contributed by atoms with Crippen LogP contribution in [-0.4, -0.2) is 20.7 Å². The molecule has 1 N–H and O–H groups in total. The fourth-order valence-electron chi connectivity index (χ4n) is 2.43. The lowest BCUT2D eigenvalue weighted by Crippen LogP contribution is -2.15. The first-order valence-corrected chi connectivity index (χ1v) is 7.36. The summed E-state index contributed by atoms with van der Waals surface area (Å²) in [5.41, 5.74) is 3.25. The number of carbonyl (C=O) groups is 1. The van der Waals surface area contributed by atoms with E-state index < -0.39 is 0 Å². The Hall–Kier alpha value is -2.95. The monoisotopic (exact) mass is 306 g/mol. The molecule has 0 fully saturated rings. The van der Waals surface area contributed by atoms with Gasteiger partial charge in [0.25, 0.3) is 5.91 Å². The second-order valence-corrected chi connectivity index (χ2v) is 5.63. The summed E-state index contributed by atoms with van der Waals surface area (Å²) < 4.78 is 1.65. The molecule has 5 heteroatoms. The molecule has 23 heavy (non-hydrogen) atoms. The maximum atomic E-state index is 11.9. The highest BCUT2D eigenvalue weighted by Gasteiger charge is 2.13. The second-order valence-electron chi connectivity index (χ2n) is 5.63. The maximum absolute atomic E-state index is 11.9. The van der Waals surface area contributed by atoms with Gasteiger partial charge in [-0.15, -0.1) is 0 Å². The topological polar surface area (TPSA) is 59.8 Å². The summed E-state index contributed by atoms with van der Waals surface area (Å²) in [4.78, 5) is 16.6. The predicted octanol–water partition coefficient (Wildman–Crippen LogP) is 3.55.